The molecule has 1 aromatic rings. The summed E-state index contributed by atoms with van der Waals surface area (Å²) in [5, 5.41) is 3.42. The van der Waals surface area contributed by atoms with Gasteiger partial charge in [0.15, 0.2) is 0 Å². The van der Waals surface area contributed by atoms with Crippen molar-refractivity contribution in [3.8, 4) is 5.75 Å². The molecule has 0 aromatic heterocycles. The molecule has 102 valence electrons. The third-order valence-electron chi connectivity index (χ3n) is 3.00. The van der Waals surface area contributed by atoms with Gasteiger partial charge in [0.05, 0.1) is 6.61 Å². The van der Waals surface area contributed by atoms with Crippen molar-refractivity contribution < 1.29 is 4.74 Å². The van der Waals surface area contributed by atoms with E-state index in [1.165, 1.54) is 24.8 Å². The molecule has 0 aliphatic carbocycles. The van der Waals surface area contributed by atoms with Crippen LogP contribution in [0.3, 0.4) is 0 Å². The van der Waals surface area contributed by atoms with E-state index in [2.05, 4.69) is 37.4 Å². The molecule has 0 aliphatic rings. The van der Waals surface area contributed by atoms with Gasteiger partial charge in [-0.25, -0.2) is 0 Å². The minimum Gasteiger partial charge on any atom is -0.494 e. The Balaban J connectivity index is 2.03. The Morgan fingerprint density at radius 2 is 1.94 bits per heavy atom. The van der Waals surface area contributed by atoms with E-state index < -0.39 is 0 Å². The van der Waals surface area contributed by atoms with E-state index in [9.17, 15) is 0 Å². The fraction of sp³-hybridized carbons (Fsp3) is 0.625. The van der Waals surface area contributed by atoms with Crippen LogP contribution in [0.4, 0.5) is 0 Å². The van der Waals surface area contributed by atoms with Gasteiger partial charge in [-0.2, -0.15) is 0 Å². The van der Waals surface area contributed by atoms with E-state index in [0.717, 1.165) is 38.3 Å². The number of rotatable bonds is 10. The second kappa shape index (κ2) is 9.95. The van der Waals surface area contributed by atoms with Crippen molar-refractivity contribution in [2.45, 2.75) is 46.0 Å². The summed E-state index contributed by atoms with van der Waals surface area (Å²) in [5.74, 6) is 1.01. The van der Waals surface area contributed by atoms with Gasteiger partial charge in [0.2, 0.25) is 0 Å². The van der Waals surface area contributed by atoms with Gasteiger partial charge in [0.25, 0.3) is 0 Å². The molecule has 0 heterocycles. The minimum absolute atomic E-state index is 0.834. The minimum atomic E-state index is 0.834. The van der Waals surface area contributed by atoms with Gasteiger partial charge in [-0.1, -0.05) is 26.0 Å². The summed E-state index contributed by atoms with van der Waals surface area (Å²) in [6.45, 7) is 7.48. The smallest absolute Gasteiger partial charge is 0.119 e. The maximum absolute atomic E-state index is 5.76. The first-order valence-electron chi connectivity index (χ1n) is 7.29. The third-order valence-corrected chi connectivity index (χ3v) is 3.00. The molecule has 0 bridgehead atoms. The average molecular weight is 249 g/mol. The number of hydrogen-bond acceptors (Lipinski definition) is 2. The number of ether oxygens (including phenoxy) is 1. The van der Waals surface area contributed by atoms with E-state index in [0.29, 0.717) is 0 Å². The van der Waals surface area contributed by atoms with Crippen molar-refractivity contribution in [1.29, 1.82) is 0 Å². The zero-order valence-electron chi connectivity index (χ0n) is 11.9. The summed E-state index contributed by atoms with van der Waals surface area (Å²) >= 11 is 0. The summed E-state index contributed by atoms with van der Waals surface area (Å²) in [6, 6.07) is 8.40. The summed E-state index contributed by atoms with van der Waals surface area (Å²) in [7, 11) is 0. The van der Waals surface area contributed by atoms with Crippen molar-refractivity contribution in [2.24, 2.45) is 0 Å². The normalized spacial score (nSPS) is 10.6. The van der Waals surface area contributed by atoms with Gasteiger partial charge >= 0.3 is 0 Å². The lowest BCUT2D eigenvalue weighted by atomic mass is 10.2. The fourth-order valence-electron chi connectivity index (χ4n) is 1.88. The number of unbranched alkanes of at least 4 members (excludes halogenated alkanes) is 2. The van der Waals surface area contributed by atoms with Crippen LogP contribution < -0.4 is 10.1 Å². The van der Waals surface area contributed by atoms with Crippen molar-refractivity contribution >= 4 is 0 Å². The summed E-state index contributed by atoms with van der Waals surface area (Å²) in [4.78, 5) is 0. The second-order valence-electron chi connectivity index (χ2n) is 4.66. The van der Waals surface area contributed by atoms with Crippen LogP contribution in [0.2, 0.25) is 0 Å². The molecule has 0 atom stereocenters. The van der Waals surface area contributed by atoms with Gasteiger partial charge in [0.1, 0.15) is 5.75 Å². The zero-order chi connectivity index (χ0) is 13.1. The number of nitrogens with one attached hydrogen (secondary N) is 1. The quantitative estimate of drug-likeness (QED) is 0.637. The molecule has 1 aromatic carbocycles. The van der Waals surface area contributed by atoms with Crippen LogP contribution in [0, 0.1) is 0 Å². The lowest BCUT2D eigenvalue weighted by molar-refractivity contribution is 0.304. The SMILES string of the molecule is CCCNCCCCCOc1cccc(CC)c1. The molecule has 0 radical (unpaired) electrons. The molecule has 0 unspecified atom stereocenters. The Hall–Kier alpha value is -1.02. The second-order valence-corrected chi connectivity index (χ2v) is 4.66. The molecule has 0 saturated heterocycles. The van der Waals surface area contributed by atoms with Crippen LogP contribution in [0.15, 0.2) is 24.3 Å². The Labute approximate surface area is 112 Å². The maximum Gasteiger partial charge on any atom is 0.119 e. The van der Waals surface area contributed by atoms with E-state index in [4.69, 9.17) is 4.74 Å². The largest absolute Gasteiger partial charge is 0.494 e. The molecule has 2 nitrogen and oxygen atoms in total. The monoisotopic (exact) mass is 249 g/mol. The lowest BCUT2D eigenvalue weighted by Crippen LogP contribution is -2.15. The molecule has 0 saturated carbocycles. The van der Waals surface area contributed by atoms with Crippen LogP contribution in [0.1, 0.15) is 45.1 Å². The molecule has 18 heavy (non-hydrogen) atoms. The molecule has 1 rings (SSSR count). The number of aryl methyl sites for hydroxylation is 1. The van der Waals surface area contributed by atoms with Crippen LogP contribution in [0.5, 0.6) is 5.75 Å². The van der Waals surface area contributed by atoms with E-state index in [1.807, 2.05) is 6.07 Å². The van der Waals surface area contributed by atoms with Crippen molar-refractivity contribution in [3.63, 3.8) is 0 Å². The highest BCUT2D eigenvalue weighted by atomic mass is 16.5. The predicted molar refractivity (Wildman–Crippen MR) is 78.3 cm³/mol. The first-order chi connectivity index (χ1) is 8.86. The molecule has 0 spiro atoms. The van der Waals surface area contributed by atoms with Crippen LogP contribution in [-0.4, -0.2) is 19.7 Å². The van der Waals surface area contributed by atoms with Crippen LogP contribution >= 0.6 is 0 Å². The van der Waals surface area contributed by atoms with Gasteiger partial charge in [0, 0.05) is 0 Å². The molecule has 1 N–H and O–H groups in total. The van der Waals surface area contributed by atoms with E-state index in [-0.39, 0.29) is 0 Å². The van der Waals surface area contributed by atoms with Crippen molar-refractivity contribution in [3.05, 3.63) is 29.8 Å². The topological polar surface area (TPSA) is 21.3 Å². The Morgan fingerprint density at radius 1 is 1.06 bits per heavy atom. The van der Waals surface area contributed by atoms with E-state index in [1.54, 1.807) is 0 Å². The van der Waals surface area contributed by atoms with Gasteiger partial charge < -0.3 is 10.1 Å². The summed E-state index contributed by atoms with van der Waals surface area (Å²) in [5.41, 5.74) is 1.34. The standard InChI is InChI=1S/C16H27NO/c1-3-11-17-12-6-5-7-13-18-16-10-8-9-15(4-2)14-16/h8-10,14,17H,3-7,11-13H2,1-2H3. The zero-order valence-corrected chi connectivity index (χ0v) is 11.9. The molecule has 0 fully saturated rings. The van der Waals surface area contributed by atoms with Crippen molar-refractivity contribution in [2.75, 3.05) is 19.7 Å². The average Bonchev–Trinajstić information content (AvgIpc) is 2.42. The number of hydrogen-bond donors (Lipinski definition) is 1. The summed E-state index contributed by atoms with van der Waals surface area (Å²) < 4.78 is 5.76. The fourth-order valence-corrected chi connectivity index (χ4v) is 1.88. The molecule has 2 heteroatoms. The van der Waals surface area contributed by atoms with Crippen LogP contribution in [-0.2, 0) is 6.42 Å². The maximum atomic E-state index is 5.76. The van der Waals surface area contributed by atoms with Gasteiger partial charge in [-0.15, -0.1) is 0 Å². The summed E-state index contributed by atoms with van der Waals surface area (Å²) in [6.07, 6.45) is 5.92. The Bertz CT molecular complexity index is 312. The molecule has 0 amide bonds. The molecule has 0 aliphatic heterocycles. The highest BCUT2D eigenvalue weighted by Crippen LogP contribution is 2.14. The lowest BCUT2D eigenvalue weighted by Gasteiger charge is -2.07. The molecular formula is C16H27NO. The Kier molecular flexibility index (Phi) is 8.32. The third kappa shape index (κ3) is 6.65. The Morgan fingerprint density at radius 3 is 2.72 bits per heavy atom. The predicted octanol–water partition coefficient (Wildman–Crippen LogP) is 3.80. The first-order valence-corrected chi connectivity index (χ1v) is 7.29. The highest BCUT2D eigenvalue weighted by molar-refractivity contribution is 5.28. The first kappa shape index (κ1) is 15.0. The molecular weight excluding hydrogens is 222 g/mol. The van der Waals surface area contributed by atoms with Gasteiger partial charge in [-0.05, 0) is 62.9 Å². The van der Waals surface area contributed by atoms with Gasteiger partial charge in [-0.3, -0.25) is 0 Å². The van der Waals surface area contributed by atoms with Crippen LogP contribution in [0.25, 0.3) is 0 Å². The van der Waals surface area contributed by atoms with Crippen molar-refractivity contribution in [1.82, 2.24) is 5.32 Å². The number of benzene rings is 1. The highest BCUT2D eigenvalue weighted by Gasteiger charge is 1.95. The van der Waals surface area contributed by atoms with E-state index >= 15 is 0 Å².